The van der Waals surface area contributed by atoms with Crippen molar-refractivity contribution in [2.75, 3.05) is 4.81 Å². The van der Waals surface area contributed by atoms with Crippen LogP contribution in [0, 0.1) is 0 Å². The first-order chi connectivity index (χ1) is 27.8. The second-order valence-corrected chi connectivity index (χ2v) is 15.1. The SMILES string of the molecule is c1ccc(-c2nc3cc4c(cc3o2)B2c3c(cc(-n5c6ccccc6c6ccccc65)c5c6ccccc6n-4c35)-c3cccc4c3N2c2ccccc2O4)cc1. The highest BCUT2D eigenvalue weighted by molar-refractivity contribution is 6.94. The molecule has 0 saturated heterocycles. The van der Waals surface area contributed by atoms with Gasteiger partial charge < -0.3 is 23.1 Å². The zero-order chi connectivity index (χ0) is 36.2. The molecule has 0 N–H and O–H groups in total. The lowest BCUT2D eigenvalue weighted by molar-refractivity contribution is 0.478. The summed E-state index contributed by atoms with van der Waals surface area (Å²) < 4.78 is 18.3. The average Bonchev–Trinajstić information content (AvgIpc) is 3.94. The molecule has 7 heteroatoms. The third kappa shape index (κ3) is 3.47. The number of oxazole rings is 1. The van der Waals surface area contributed by atoms with Crippen LogP contribution in [0.25, 0.3) is 88.7 Å². The van der Waals surface area contributed by atoms with Crippen molar-refractivity contribution in [1.29, 1.82) is 0 Å². The zero-order valence-electron chi connectivity index (χ0n) is 29.8. The maximum atomic E-state index is 6.73. The molecule has 0 spiro atoms. The van der Waals surface area contributed by atoms with E-state index in [1.807, 2.05) is 18.2 Å². The van der Waals surface area contributed by atoms with Gasteiger partial charge in [0.25, 0.3) is 0 Å². The smallest absolute Gasteiger partial charge is 0.333 e. The number of nitrogens with zero attached hydrogens (tertiary/aromatic N) is 4. The summed E-state index contributed by atoms with van der Waals surface area (Å²) in [5.74, 6) is 2.31. The van der Waals surface area contributed by atoms with Crippen LogP contribution in [0.15, 0.2) is 168 Å². The molecule has 11 aromatic rings. The van der Waals surface area contributed by atoms with Crippen molar-refractivity contribution >= 4 is 83.9 Å². The summed E-state index contributed by atoms with van der Waals surface area (Å²) in [7, 11) is 0. The fraction of sp³-hybridized carbons (Fsp3) is 0. The second kappa shape index (κ2) is 10.2. The minimum Gasteiger partial charge on any atom is -0.453 e. The van der Waals surface area contributed by atoms with Crippen molar-refractivity contribution in [2.45, 2.75) is 0 Å². The van der Waals surface area contributed by atoms with E-state index in [1.54, 1.807) is 0 Å². The fourth-order valence-electron chi connectivity index (χ4n) is 10.1. The van der Waals surface area contributed by atoms with Gasteiger partial charge in [0.05, 0.1) is 39.1 Å². The van der Waals surface area contributed by atoms with E-state index in [9.17, 15) is 0 Å². The number of hydrogen-bond acceptors (Lipinski definition) is 4. The highest BCUT2D eigenvalue weighted by Gasteiger charge is 2.48. The summed E-state index contributed by atoms with van der Waals surface area (Å²) in [5, 5.41) is 4.92. The van der Waals surface area contributed by atoms with Crippen LogP contribution in [0.1, 0.15) is 0 Å². The Morgan fingerprint density at radius 2 is 1.20 bits per heavy atom. The highest BCUT2D eigenvalue weighted by Crippen LogP contribution is 2.55. The van der Waals surface area contributed by atoms with Crippen LogP contribution in [-0.4, -0.2) is 21.0 Å². The normalized spacial score (nSPS) is 13.4. The third-order valence-electron chi connectivity index (χ3n) is 12.3. The van der Waals surface area contributed by atoms with Crippen LogP contribution in [0.2, 0.25) is 0 Å². The molecule has 6 heterocycles. The molecule has 3 aliphatic rings. The van der Waals surface area contributed by atoms with Crippen molar-refractivity contribution in [1.82, 2.24) is 14.1 Å². The van der Waals surface area contributed by atoms with Gasteiger partial charge in [-0.3, -0.25) is 0 Å². The van der Waals surface area contributed by atoms with E-state index in [2.05, 4.69) is 160 Å². The Morgan fingerprint density at radius 1 is 0.518 bits per heavy atom. The van der Waals surface area contributed by atoms with Crippen LogP contribution < -0.4 is 20.5 Å². The standard InChI is InChI=1S/C49H27BN4O2/c1-2-13-28(14-3-1)49-51-35-27-40-34(26-44(35)56-49)50-46-33(31-18-12-24-43-47(31)54(50)39-22-10-11-23-42(39)55-43)25-41(45-32-17-6-9-21-38(32)53(40)48(45)46)52-36-19-7-4-15-29(36)30-16-5-8-20-37(30)52/h1-27H. The van der Waals surface area contributed by atoms with Crippen molar-refractivity contribution in [2.24, 2.45) is 0 Å². The van der Waals surface area contributed by atoms with Crippen molar-refractivity contribution in [3.63, 3.8) is 0 Å². The minimum absolute atomic E-state index is 0.181. The number of ether oxygens (including phenoxy) is 1. The highest BCUT2D eigenvalue weighted by atomic mass is 16.5. The van der Waals surface area contributed by atoms with Gasteiger partial charge in [-0.15, -0.1) is 0 Å². The first-order valence-electron chi connectivity index (χ1n) is 19.1. The summed E-state index contributed by atoms with van der Waals surface area (Å²) in [6.07, 6.45) is 0. The first-order valence-corrected chi connectivity index (χ1v) is 19.1. The lowest BCUT2D eigenvalue weighted by Gasteiger charge is -2.44. The number of fused-ring (bicyclic) bond motifs is 14. The predicted octanol–water partition coefficient (Wildman–Crippen LogP) is 11.0. The van der Waals surface area contributed by atoms with E-state index in [-0.39, 0.29) is 6.85 Å². The van der Waals surface area contributed by atoms with Gasteiger partial charge in [-0.1, -0.05) is 97.1 Å². The van der Waals surface area contributed by atoms with E-state index >= 15 is 0 Å². The molecule has 258 valence electrons. The molecule has 3 aliphatic heterocycles. The minimum atomic E-state index is -0.181. The molecule has 3 aromatic heterocycles. The van der Waals surface area contributed by atoms with Crippen LogP contribution in [-0.2, 0) is 0 Å². The van der Waals surface area contributed by atoms with Gasteiger partial charge in [-0.2, -0.15) is 0 Å². The molecule has 0 unspecified atom stereocenters. The van der Waals surface area contributed by atoms with Gasteiger partial charge in [-0.05, 0) is 83.2 Å². The maximum Gasteiger partial charge on any atom is 0.333 e. The van der Waals surface area contributed by atoms with E-state index in [0.717, 1.165) is 67.5 Å². The summed E-state index contributed by atoms with van der Waals surface area (Å²) in [5.41, 5.74) is 16.5. The Bertz CT molecular complexity index is 3490. The molecule has 14 rings (SSSR count). The average molecular weight is 715 g/mol. The second-order valence-electron chi connectivity index (χ2n) is 15.1. The molecule has 6 nitrogen and oxygen atoms in total. The fourth-order valence-corrected chi connectivity index (χ4v) is 10.1. The van der Waals surface area contributed by atoms with Gasteiger partial charge in [0.15, 0.2) is 11.3 Å². The molecule has 0 atom stereocenters. The molecular weight excluding hydrogens is 687 g/mol. The van der Waals surface area contributed by atoms with Crippen molar-refractivity contribution in [3.8, 4) is 45.5 Å². The molecular formula is C49H27BN4O2. The largest absolute Gasteiger partial charge is 0.453 e. The van der Waals surface area contributed by atoms with E-state index < -0.39 is 0 Å². The molecule has 0 bridgehead atoms. The van der Waals surface area contributed by atoms with Crippen LogP contribution in [0.4, 0.5) is 11.4 Å². The number of anilines is 2. The monoisotopic (exact) mass is 714 g/mol. The Morgan fingerprint density at radius 3 is 2.00 bits per heavy atom. The van der Waals surface area contributed by atoms with Crippen molar-refractivity contribution < 1.29 is 9.15 Å². The molecule has 0 amide bonds. The molecule has 0 radical (unpaired) electrons. The maximum absolute atomic E-state index is 6.73. The van der Waals surface area contributed by atoms with E-state index in [1.165, 1.54) is 49.1 Å². The van der Waals surface area contributed by atoms with E-state index in [0.29, 0.717) is 5.89 Å². The molecule has 0 aliphatic carbocycles. The van der Waals surface area contributed by atoms with Gasteiger partial charge in [0, 0.05) is 38.4 Å². The van der Waals surface area contributed by atoms with E-state index in [4.69, 9.17) is 14.1 Å². The number of hydrogen-bond donors (Lipinski definition) is 0. The van der Waals surface area contributed by atoms with Gasteiger partial charge in [-0.25, -0.2) is 4.98 Å². The number of para-hydroxylation sites is 6. The van der Waals surface area contributed by atoms with Crippen LogP contribution in [0.5, 0.6) is 11.5 Å². The lowest BCUT2D eigenvalue weighted by atomic mass is 9.43. The van der Waals surface area contributed by atoms with Crippen molar-refractivity contribution in [3.05, 3.63) is 164 Å². The molecule has 56 heavy (non-hydrogen) atoms. The van der Waals surface area contributed by atoms with Crippen LogP contribution in [0.3, 0.4) is 0 Å². The van der Waals surface area contributed by atoms with Crippen LogP contribution >= 0.6 is 0 Å². The topological polar surface area (TPSA) is 48.4 Å². The zero-order valence-corrected chi connectivity index (χ0v) is 29.8. The summed E-state index contributed by atoms with van der Waals surface area (Å²) in [4.78, 5) is 7.62. The first kappa shape index (κ1) is 28.9. The van der Waals surface area contributed by atoms with Gasteiger partial charge in [0.2, 0.25) is 5.89 Å². The van der Waals surface area contributed by atoms with Gasteiger partial charge in [0.1, 0.15) is 11.3 Å². The summed E-state index contributed by atoms with van der Waals surface area (Å²) in [6, 6.07) is 58.5. The molecule has 0 saturated carbocycles. The Balaban J connectivity index is 1.20. The predicted molar refractivity (Wildman–Crippen MR) is 227 cm³/mol. The molecule has 8 aromatic carbocycles. The Hall–Kier alpha value is -7.51. The Kier molecular flexibility index (Phi) is 5.25. The lowest BCUT2D eigenvalue weighted by Crippen LogP contribution is -2.61. The quantitative estimate of drug-likeness (QED) is 0.167. The van der Waals surface area contributed by atoms with Gasteiger partial charge >= 0.3 is 6.85 Å². The summed E-state index contributed by atoms with van der Waals surface area (Å²) in [6.45, 7) is -0.181. The molecule has 0 fully saturated rings. The summed E-state index contributed by atoms with van der Waals surface area (Å²) >= 11 is 0. The Labute approximate surface area is 320 Å². The number of aromatic nitrogens is 3. The number of benzene rings is 8. The number of rotatable bonds is 2. The third-order valence-corrected chi connectivity index (χ3v) is 12.3.